The molecule has 0 saturated carbocycles. The zero-order valence-electron chi connectivity index (χ0n) is 52.6. The smallest absolute Gasteiger partial charge is 0.228 e. The number of carbonyl (C=O) groups excluding carboxylic acids is 5. The van der Waals surface area contributed by atoms with Crippen LogP contribution in [0.3, 0.4) is 0 Å². The summed E-state index contributed by atoms with van der Waals surface area (Å²) in [6, 6.07) is 12.1. The molecule has 0 bridgehead atoms. The van der Waals surface area contributed by atoms with Crippen LogP contribution in [-0.2, 0) is 0 Å². The molecule has 0 aliphatic carbocycles. The van der Waals surface area contributed by atoms with Crippen molar-refractivity contribution in [3.05, 3.63) is 118 Å². The molecular weight excluding hydrogens is 1170 g/mol. The number of likely N-dealkylation sites (tertiary alicyclic amines) is 5. The molecule has 5 aliphatic heterocycles. The normalized spacial score (nSPS) is 16.3. The number of aromatic nitrogens is 5. The van der Waals surface area contributed by atoms with Gasteiger partial charge in [-0.2, -0.15) is 8.78 Å². The van der Waals surface area contributed by atoms with Gasteiger partial charge in [0, 0.05) is 102 Å². The van der Waals surface area contributed by atoms with Crippen molar-refractivity contribution in [2.75, 3.05) is 125 Å². The molecule has 0 aromatic carbocycles. The number of rotatable bonds is 30. The molecule has 5 aromatic heterocycles. The van der Waals surface area contributed by atoms with Crippen LogP contribution in [-0.4, -0.2) is 209 Å². The van der Waals surface area contributed by atoms with Crippen molar-refractivity contribution in [2.24, 2.45) is 0 Å². The van der Waals surface area contributed by atoms with Gasteiger partial charge in [0.15, 0.2) is 37.2 Å². The van der Waals surface area contributed by atoms with Gasteiger partial charge in [0.2, 0.25) is 11.9 Å². The molecule has 90 heavy (non-hydrogen) atoms. The van der Waals surface area contributed by atoms with Crippen molar-refractivity contribution in [1.29, 1.82) is 0 Å². The summed E-state index contributed by atoms with van der Waals surface area (Å²) in [6.45, 7) is 26.3. The summed E-state index contributed by atoms with van der Waals surface area (Å²) in [6.07, 6.45) is 18.8. The van der Waals surface area contributed by atoms with E-state index in [1.807, 2.05) is 6.07 Å². The molecule has 5 aromatic rings. The molecule has 10 heterocycles. The lowest BCUT2D eigenvalue weighted by atomic mass is 10.1. The first kappa shape index (κ1) is 71.6. The SMILES string of the molecule is CCCCN1CC(Nc2cc(F)c(C=O)c(F)n2)C1.CCCCN1CC(Nc2cc(F)c(C=O)cn2)C1.CCCCN1CC(Nc2ccc(C=O)c(F)n2)C1.CCCCN1CC(Nc2ccc(C=O)cn2)C1.CCCCN1CC(Nc2cnc(C=O)c(F)c2)C1. The zero-order valence-corrected chi connectivity index (χ0v) is 52.6. The molecule has 20 nitrogen and oxygen atoms in total. The number of aldehydes is 5. The van der Waals surface area contributed by atoms with E-state index >= 15 is 0 Å². The van der Waals surface area contributed by atoms with E-state index in [9.17, 15) is 45.9 Å². The van der Waals surface area contributed by atoms with Crippen LogP contribution in [0.1, 0.15) is 151 Å². The number of hydrogen-bond acceptors (Lipinski definition) is 20. The third-order valence-corrected chi connectivity index (χ3v) is 15.7. The van der Waals surface area contributed by atoms with E-state index in [0.29, 0.717) is 65.9 Å². The molecule has 490 valence electrons. The number of pyridine rings is 5. The fraction of sp³-hybridized carbons (Fsp3) is 0.538. The maximum atomic E-state index is 13.4. The molecule has 5 aliphatic rings. The summed E-state index contributed by atoms with van der Waals surface area (Å²) < 4.78 is 66.6. The van der Waals surface area contributed by atoms with Crippen molar-refractivity contribution in [3.8, 4) is 0 Å². The topological polar surface area (TPSA) is 226 Å². The highest BCUT2D eigenvalue weighted by Crippen LogP contribution is 2.22. The van der Waals surface area contributed by atoms with E-state index in [4.69, 9.17) is 0 Å². The van der Waals surface area contributed by atoms with E-state index in [1.54, 1.807) is 18.3 Å². The number of anilines is 5. The zero-order chi connectivity index (χ0) is 64.8. The van der Waals surface area contributed by atoms with Crippen molar-refractivity contribution in [3.63, 3.8) is 0 Å². The quantitative estimate of drug-likeness (QED) is 0.0164. The molecular formula is C65H90F5N15O5. The van der Waals surface area contributed by atoms with Crippen molar-refractivity contribution in [1.82, 2.24) is 49.4 Å². The number of halogens is 5. The fourth-order valence-corrected chi connectivity index (χ4v) is 10.3. The second-order valence-corrected chi connectivity index (χ2v) is 23.3. The Labute approximate surface area is 526 Å². The highest BCUT2D eigenvalue weighted by atomic mass is 19.1. The first-order chi connectivity index (χ1) is 43.6. The summed E-state index contributed by atoms with van der Waals surface area (Å²) in [5.41, 5.74) is 0.493. The largest absolute Gasteiger partial charge is 0.378 e. The van der Waals surface area contributed by atoms with Gasteiger partial charge in [-0.1, -0.05) is 66.7 Å². The Hall–Kier alpha value is -7.45. The first-order valence-electron chi connectivity index (χ1n) is 31.6. The molecule has 5 saturated heterocycles. The molecule has 5 N–H and O–H groups in total. The van der Waals surface area contributed by atoms with Crippen LogP contribution in [0.25, 0.3) is 0 Å². The second kappa shape index (κ2) is 38.3. The number of nitrogens with one attached hydrogen (secondary N) is 5. The summed E-state index contributed by atoms with van der Waals surface area (Å²) in [4.78, 5) is 83.3. The summed E-state index contributed by atoms with van der Waals surface area (Å²) in [5, 5.41) is 15.9. The molecule has 5 fully saturated rings. The third kappa shape index (κ3) is 23.4. The van der Waals surface area contributed by atoms with E-state index in [0.717, 1.165) is 123 Å². The van der Waals surface area contributed by atoms with Crippen molar-refractivity contribution < 1.29 is 45.9 Å². The summed E-state index contributed by atoms with van der Waals surface area (Å²) in [7, 11) is 0. The predicted octanol–water partition coefficient (Wildman–Crippen LogP) is 9.65. The average molecular weight is 1260 g/mol. The predicted molar refractivity (Wildman–Crippen MR) is 342 cm³/mol. The monoisotopic (exact) mass is 1260 g/mol. The maximum Gasteiger partial charge on any atom is 0.228 e. The molecule has 10 rings (SSSR count). The van der Waals surface area contributed by atoms with Gasteiger partial charge >= 0.3 is 0 Å². The van der Waals surface area contributed by atoms with E-state index in [-0.39, 0.29) is 35.0 Å². The Morgan fingerprint density at radius 3 is 1.21 bits per heavy atom. The first-order valence-corrected chi connectivity index (χ1v) is 31.6. The van der Waals surface area contributed by atoms with E-state index < -0.39 is 34.9 Å². The van der Waals surface area contributed by atoms with Gasteiger partial charge in [-0.3, -0.25) is 48.5 Å². The Kier molecular flexibility index (Phi) is 30.5. The Bertz CT molecular complexity index is 2790. The highest BCUT2D eigenvalue weighted by molar-refractivity contribution is 5.77. The van der Waals surface area contributed by atoms with Crippen LogP contribution < -0.4 is 26.6 Å². The summed E-state index contributed by atoms with van der Waals surface area (Å²) in [5.74, 6) is -1.77. The van der Waals surface area contributed by atoms with E-state index in [1.165, 1.54) is 88.5 Å². The van der Waals surface area contributed by atoms with Gasteiger partial charge in [-0.15, -0.1) is 0 Å². The Morgan fingerprint density at radius 1 is 0.400 bits per heavy atom. The third-order valence-electron chi connectivity index (χ3n) is 15.7. The highest BCUT2D eigenvalue weighted by Gasteiger charge is 2.30. The molecule has 0 spiro atoms. The van der Waals surface area contributed by atoms with Crippen LogP contribution in [0, 0.1) is 29.3 Å². The van der Waals surface area contributed by atoms with Gasteiger partial charge in [0.1, 0.15) is 46.2 Å². The standard InChI is InChI=1S/C13H17F2N3O.3C13H18FN3O.C13H19N3O/c1-2-3-4-18-6-9(7-18)16-12-5-11(14)10(8-19)13(15)17-12;1-2-3-6-17-7-11(8-17)15-12-5-4-10(9-18)13(14)16-12;1-2-3-4-17-7-11(8-17)16-13-5-12(14)10(9-18)6-15-13;1-2-3-4-17-7-11(8-17)16-10-5-12(14)13(9-18)15-6-10;1-2-3-6-16-8-12(9-16)15-13-5-4-11(10-17)7-14-13/h5,8-9H,2-4,6-7H2,1H3,(H,16,17);4-5,9,11H,2-3,6-8H2,1H3,(H,15,16);5-6,9,11H,2-4,7-8H2,1H3,(H,15,16);5-6,9,11,16H,2-4,7-8H2,1H3;4-5,7,10,12H,2-3,6,8-9H2,1H3,(H,14,15). The number of carbonyl (C=O) groups is 5. The number of hydrogen-bond donors (Lipinski definition) is 5. The van der Waals surface area contributed by atoms with Crippen LogP contribution in [0.15, 0.2) is 61.1 Å². The molecule has 25 heteroatoms. The Balaban J connectivity index is 0.000000179. The van der Waals surface area contributed by atoms with Gasteiger partial charge in [0.25, 0.3) is 0 Å². The van der Waals surface area contributed by atoms with Gasteiger partial charge in [0.05, 0.1) is 53.2 Å². The van der Waals surface area contributed by atoms with Gasteiger partial charge < -0.3 is 26.6 Å². The van der Waals surface area contributed by atoms with Gasteiger partial charge in [-0.25, -0.2) is 38.1 Å². The molecule has 0 radical (unpaired) electrons. The lowest BCUT2D eigenvalue weighted by Crippen LogP contribution is -2.54. The lowest BCUT2D eigenvalue weighted by Gasteiger charge is -2.40. The second-order valence-electron chi connectivity index (χ2n) is 23.3. The Morgan fingerprint density at radius 2 is 0.822 bits per heavy atom. The molecule has 0 unspecified atom stereocenters. The van der Waals surface area contributed by atoms with Crippen LogP contribution in [0.2, 0.25) is 0 Å². The minimum atomic E-state index is -1.07. The van der Waals surface area contributed by atoms with Crippen molar-refractivity contribution >= 4 is 60.4 Å². The minimum absolute atomic E-state index is 0.00117. The lowest BCUT2D eigenvalue weighted by molar-refractivity contribution is 0.110. The fourth-order valence-electron chi connectivity index (χ4n) is 10.3. The molecule has 0 amide bonds. The van der Waals surface area contributed by atoms with E-state index in [2.05, 4.69) is 111 Å². The number of unbranched alkanes of at least 4 members (excludes halogenated alkanes) is 5. The van der Waals surface area contributed by atoms with Crippen LogP contribution in [0.5, 0.6) is 0 Å². The number of nitrogens with zero attached hydrogens (tertiary/aromatic N) is 10. The maximum absolute atomic E-state index is 13.4. The minimum Gasteiger partial charge on any atom is -0.378 e. The van der Waals surface area contributed by atoms with Crippen molar-refractivity contribution in [2.45, 2.75) is 129 Å². The summed E-state index contributed by atoms with van der Waals surface area (Å²) >= 11 is 0. The van der Waals surface area contributed by atoms with Gasteiger partial charge in [-0.05, 0) is 89.1 Å². The van der Waals surface area contributed by atoms with Crippen LogP contribution in [0.4, 0.5) is 50.9 Å². The van der Waals surface area contributed by atoms with Crippen LogP contribution >= 0.6 is 0 Å². The average Bonchev–Trinajstić information content (AvgIpc) is 1.54. The molecule has 0 atom stereocenters.